The summed E-state index contributed by atoms with van der Waals surface area (Å²) in [5, 5.41) is 6.04. The molecule has 1 heterocycles. The highest BCUT2D eigenvalue weighted by Crippen LogP contribution is 2.26. The molecule has 2 N–H and O–H groups in total. The maximum absolute atomic E-state index is 12.2. The summed E-state index contributed by atoms with van der Waals surface area (Å²) in [5.41, 5.74) is 2.37. The molecule has 2 aromatic rings. The SMILES string of the molecule is COCCCNC(=O)c1cc(Nc2ccc(C)cc2Br)nc(C)n1. The van der Waals surface area contributed by atoms with Crippen LogP contribution in [-0.4, -0.2) is 36.1 Å². The average Bonchev–Trinajstić information content (AvgIpc) is 2.53. The summed E-state index contributed by atoms with van der Waals surface area (Å²) in [4.78, 5) is 20.7. The van der Waals surface area contributed by atoms with Crippen LogP contribution in [0.2, 0.25) is 0 Å². The molecule has 128 valence electrons. The number of methoxy groups -OCH3 is 1. The van der Waals surface area contributed by atoms with Gasteiger partial charge in [-0.2, -0.15) is 0 Å². The molecule has 1 aromatic heterocycles. The minimum Gasteiger partial charge on any atom is -0.385 e. The first-order valence-electron chi connectivity index (χ1n) is 7.65. The fourth-order valence-corrected chi connectivity index (χ4v) is 2.71. The second kappa shape index (κ2) is 8.75. The number of halogens is 1. The molecule has 0 unspecified atom stereocenters. The summed E-state index contributed by atoms with van der Waals surface area (Å²) < 4.78 is 5.90. The quantitative estimate of drug-likeness (QED) is 0.706. The van der Waals surface area contributed by atoms with Crippen LogP contribution < -0.4 is 10.6 Å². The first kappa shape index (κ1) is 18.4. The lowest BCUT2D eigenvalue weighted by atomic mass is 10.2. The van der Waals surface area contributed by atoms with Crippen molar-refractivity contribution in [1.29, 1.82) is 0 Å². The van der Waals surface area contributed by atoms with Gasteiger partial charge in [0.1, 0.15) is 17.3 Å². The molecule has 0 radical (unpaired) electrons. The Hall–Kier alpha value is -1.99. The molecule has 0 aliphatic carbocycles. The van der Waals surface area contributed by atoms with E-state index in [2.05, 4.69) is 36.5 Å². The number of amides is 1. The van der Waals surface area contributed by atoms with Gasteiger partial charge in [-0.05, 0) is 53.9 Å². The molecule has 0 aliphatic heterocycles. The standard InChI is InChI=1S/C17H21BrN4O2/c1-11-5-6-14(13(18)9-11)22-16-10-15(20-12(2)21-16)17(23)19-7-4-8-24-3/h5-6,9-10H,4,7-8H2,1-3H3,(H,19,23)(H,20,21,22). The normalized spacial score (nSPS) is 10.5. The van der Waals surface area contributed by atoms with E-state index in [1.54, 1.807) is 20.1 Å². The number of rotatable bonds is 7. The Morgan fingerprint density at radius 1 is 1.25 bits per heavy atom. The van der Waals surface area contributed by atoms with Crippen LogP contribution in [0, 0.1) is 13.8 Å². The third-order valence-electron chi connectivity index (χ3n) is 3.27. The van der Waals surface area contributed by atoms with Crippen molar-refractivity contribution in [3.8, 4) is 0 Å². The van der Waals surface area contributed by atoms with Crippen LogP contribution in [0.4, 0.5) is 11.5 Å². The Labute approximate surface area is 150 Å². The molecule has 6 nitrogen and oxygen atoms in total. The van der Waals surface area contributed by atoms with Gasteiger partial charge in [0.05, 0.1) is 5.69 Å². The van der Waals surface area contributed by atoms with Crippen molar-refractivity contribution in [3.05, 3.63) is 45.8 Å². The lowest BCUT2D eigenvalue weighted by Crippen LogP contribution is -2.26. The largest absolute Gasteiger partial charge is 0.385 e. The number of nitrogens with one attached hydrogen (secondary N) is 2. The molecule has 24 heavy (non-hydrogen) atoms. The first-order chi connectivity index (χ1) is 11.5. The molecule has 2 rings (SSSR count). The molecular weight excluding hydrogens is 372 g/mol. The monoisotopic (exact) mass is 392 g/mol. The van der Waals surface area contributed by atoms with Crippen molar-refractivity contribution in [2.75, 3.05) is 25.6 Å². The lowest BCUT2D eigenvalue weighted by molar-refractivity contribution is 0.0943. The van der Waals surface area contributed by atoms with Gasteiger partial charge in [0.25, 0.3) is 5.91 Å². The number of hydrogen-bond acceptors (Lipinski definition) is 5. The Morgan fingerprint density at radius 3 is 2.75 bits per heavy atom. The Balaban J connectivity index is 2.11. The van der Waals surface area contributed by atoms with Crippen LogP contribution in [0.5, 0.6) is 0 Å². The molecule has 0 fully saturated rings. The van der Waals surface area contributed by atoms with Gasteiger partial charge in [0, 0.05) is 30.8 Å². The molecule has 0 saturated heterocycles. The van der Waals surface area contributed by atoms with Gasteiger partial charge in [0.2, 0.25) is 0 Å². The predicted octanol–water partition coefficient (Wildman–Crippen LogP) is 3.37. The summed E-state index contributed by atoms with van der Waals surface area (Å²) in [7, 11) is 1.64. The van der Waals surface area contributed by atoms with E-state index in [0.717, 1.165) is 22.1 Å². The second-order valence-corrected chi connectivity index (χ2v) is 6.25. The van der Waals surface area contributed by atoms with E-state index < -0.39 is 0 Å². The van der Waals surface area contributed by atoms with Crippen LogP contribution >= 0.6 is 15.9 Å². The number of hydrogen-bond donors (Lipinski definition) is 2. The number of aryl methyl sites for hydroxylation is 2. The van der Waals surface area contributed by atoms with Crippen molar-refractivity contribution in [3.63, 3.8) is 0 Å². The van der Waals surface area contributed by atoms with Crippen LogP contribution in [0.15, 0.2) is 28.7 Å². The fourth-order valence-electron chi connectivity index (χ4n) is 2.12. The van der Waals surface area contributed by atoms with Gasteiger partial charge in [-0.3, -0.25) is 4.79 Å². The summed E-state index contributed by atoms with van der Waals surface area (Å²) in [6.07, 6.45) is 0.758. The number of nitrogens with zero attached hydrogens (tertiary/aromatic N) is 2. The fraction of sp³-hybridized carbons (Fsp3) is 0.353. The number of aromatic nitrogens is 2. The van der Waals surface area contributed by atoms with E-state index >= 15 is 0 Å². The minimum absolute atomic E-state index is 0.220. The van der Waals surface area contributed by atoms with Crippen molar-refractivity contribution in [1.82, 2.24) is 15.3 Å². The van der Waals surface area contributed by atoms with Gasteiger partial charge >= 0.3 is 0 Å². The number of carbonyl (C=O) groups excluding carboxylic acids is 1. The highest BCUT2D eigenvalue weighted by molar-refractivity contribution is 9.10. The predicted molar refractivity (Wildman–Crippen MR) is 97.8 cm³/mol. The smallest absolute Gasteiger partial charge is 0.270 e. The van der Waals surface area contributed by atoms with Crippen LogP contribution in [-0.2, 0) is 4.74 Å². The van der Waals surface area contributed by atoms with E-state index in [-0.39, 0.29) is 5.91 Å². The molecule has 0 bridgehead atoms. The average molecular weight is 393 g/mol. The molecule has 0 spiro atoms. The first-order valence-corrected chi connectivity index (χ1v) is 8.45. The number of benzene rings is 1. The van der Waals surface area contributed by atoms with E-state index in [4.69, 9.17) is 4.74 Å². The Morgan fingerprint density at radius 2 is 2.04 bits per heavy atom. The molecule has 1 aromatic carbocycles. The van der Waals surface area contributed by atoms with Crippen molar-refractivity contribution in [2.45, 2.75) is 20.3 Å². The van der Waals surface area contributed by atoms with Gasteiger partial charge in [0.15, 0.2) is 0 Å². The van der Waals surface area contributed by atoms with E-state index in [1.165, 1.54) is 0 Å². The van der Waals surface area contributed by atoms with Crippen molar-refractivity contribution in [2.24, 2.45) is 0 Å². The van der Waals surface area contributed by atoms with Crippen molar-refractivity contribution >= 4 is 33.3 Å². The summed E-state index contributed by atoms with van der Waals surface area (Å²) in [6.45, 7) is 4.94. The molecule has 7 heteroatoms. The van der Waals surface area contributed by atoms with Gasteiger partial charge in [-0.25, -0.2) is 9.97 Å². The zero-order valence-electron chi connectivity index (χ0n) is 14.0. The third-order valence-corrected chi connectivity index (χ3v) is 3.92. The van der Waals surface area contributed by atoms with E-state index in [1.807, 2.05) is 25.1 Å². The van der Waals surface area contributed by atoms with Crippen molar-refractivity contribution < 1.29 is 9.53 Å². The highest BCUT2D eigenvalue weighted by Gasteiger charge is 2.11. The maximum Gasteiger partial charge on any atom is 0.270 e. The minimum atomic E-state index is -0.220. The number of ether oxygens (including phenoxy) is 1. The van der Waals surface area contributed by atoms with E-state index in [9.17, 15) is 4.79 Å². The highest BCUT2D eigenvalue weighted by atomic mass is 79.9. The number of carbonyl (C=O) groups is 1. The molecule has 0 atom stereocenters. The topological polar surface area (TPSA) is 76.1 Å². The summed E-state index contributed by atoms with van der Waals surface area (Å²) in [6, 6.07) is 7.62. The van der Waals surface area contributed by atoms with Gasteiger partial charge in [-0.15, -0.1) is 0 Å². The second-order valence-electron chi connectivity index (χ2n) is 5.40. The molecule has 1 amide bonds. The van der Waals surface area contributed by atoms with Crippen LogP contribution in [0.25, 0.3) is 0 Å². The number of anilines is 2. The zero-order chi connectivity index (χ0) is 17.5. The lowest BCUT2D eigenvalue weighted by Gasteiger charge is -2.11. The van der Waals surface area contributed by atoms with E-state index in [0.29, 0.717) is 30.5 Å². The van der Waals surface area contributed by atoms with Gasteiger partial charge < -0.3 is 15.4 Å². The third kappa shape index (κ3) is 5.28. The summed E-state index contributed by atoms with van der Waals surface area (Å²) in [5.74, 6) is 0.891. The van der Waals surface area contributed by atoms with Crippen LogP contribution in [0.3, 0.4) is 0 Å². The Kier molecular flexibility index (Phi) is 6.69. The molecule has 0 saturated carbocycles. The molecular formula is C17H21BrN4O2. The van der Waals surface area contributed by atoms with Gasteiger partial charge in [-0.1, -0.05) is 6.07 Å². The van der Waals surface area contributed by atoms with Crippen LogP contribution in [0.1, 0.15) is 28.3 Å². The summed E-state index contributed by atoms with van der Waals surface area (Å²) >= 11 is 3.52. The Bertz CT molecular complexity index is 722. The molecule has 0 aliphatic rings. The zero-order valence-corrected chi connectivity index (χ0v) is 15.6. The maximum atomic E-state index is 12.2.